The van der Waals surface area contributed by atoms with Crippen molar-refractivity contribution in [3.05, 3.63) is 0 Å². The van der Waals surface area contributed by atoms with Gasteiger partial charge in [0, 0.05) is 24.2 Å². The van der Waals surface area contributed by atoms with Crippen molar-refractivity contribution < 1.29 is 5.11 Å². The van der Waals surface area contributed by atoms with Crippen LogP contribution in [0.4, 0.5) is 0 Å². The monoisotopic (exact) mass is 297 g/mol. The van der Waals surface area contributed by atoms with Crippen molar-refractivity contribution in [2.24, 2.45) is 0 Å². The molecule has 1 saturated heterocycles. The highest BCUT2D eigenvalue weighted by Gasteiger charge is 2.38. The minimum absolute atomic E-state index is 0.0340. The van der Waals surface area contributed by atoms with E-state index >= 15 is 0 Å². The molecule has 21 heavy (non-hydrogen) atoms. The molecule has 2 rings (SSSR count). The van der Waals surface area contributed by atoms with E-state index in [4.69, 9.17) is 0 Å². The predicted molar refractivity (Wildman–Crippen MR) is 88.6 cm³/mol. The van der Waals surface area contributed by atoms with Crippen molar-refractivity contribution in [1.29, 1.82) is 0 Å². The number of likely N-dealkylation sites (tertiary alicyclic amines) is 1. The summed E-state index contributed by atoms with van der Waals surface area (Å²) in [6, 6.07) is 1.31. The largest absolute Gasteiger partial charge is 0.394 e. The Morgan fingerprint density at radius 3 is 2.71 bits per heavy atom. The van der Waals surface area contributed by atoms with Crippen LogP contribution < -0.4 is 5.32 Å². The fourth-order valence-corrected chi connectivity index (χ4v) is 4.20. The standard InChI is InChI=1S/C17H35N3O/c1-4-10-18-17(14-21)9-5-7-15(12-17)20(3)16-8-6-11-19(2)13-16/h15-16,18,21H,4-14H2,1-3H3. The van der Waals surface area contributed by atoms with E-state index in [-0.39, 0.29) is 12.1 Å². The van der Waals surface area contributed by atoms with E-state index in [0.717, 1.165) is 25.8 Å². The molecule has 0 amide bonds. The summed E-state index contributed by atoms with van der Waals surface area (Å²) >= 11 is 0. The van der Waals surface area contributed by atoms with E-state index in [0.29, 0.717) is 12.1 Å². The van der Waals surface area contributed by atoms with Gasteiger partial charge in [-0.25, -0.2) is 0 Å². The summed E-state index contributed by atoms with van der Waals surface area (Å²) in [5, 5.41) is 13.6. The summed E-state index contributed by atoms with van der Waals surface area (Å²) in [7, 11) is 4.55. The second-order valence-corrected chi connectivity index (χ2v) is 7.34. The van der Waals surface area contributed by atoms with Gasteiger partial charge >= 0.3 is 0 Å². The average molecular weight is 297 g/mol. The zero-order chi connectivity index (χ0) is 15.3. The van der Waals surface area contributed by atoms with Gasteiger partial charge in [0.25, 0.3) is 0 Å². The summed E-state index contributed by atoms with van der Waals surface area (Å²) in [5.41, 5.74) is -0.0340. The van der Waals surface area contributed by atoms with Crippen LogP contribution in [0, 0.1) is 0 Å². The van der Waals surface area contributed by atoms with Crippen molar-refractivity contribution in [3.63, 3.8) is 0 Å². The van der Waals surface area contributed by atoms with Crippen molar-refractivity contribution in [2.45, 2.75) is 69.5 Å². The number of hydrogen-bond acceptors (Lipinski definition) is 4. The van der Waals surface area contributed by atoms with Gasteiger partial charge in [0.1, 0.15) is 0 Å². The third kappa shape index (κ3) is 4.41. The third-order valence-corrected chi connectivity index (χ3v) is 5.62. The Balaban J connectivity index is 1.95. The molecule has 0 bridgehead atoms. The number of hydrogen-bond donors (Lipinski definition) is 2. The first-order valence-electron chi connectivity index (χ1n) is 8.86. The molecule has 2 fully saturated rings. The molecule has 4 nitrogen and oxygen atoms in total. The second-order valence-electron chi connectivity index (χ2n) is 7.34. The molecule has 3 atom stereocenters. The van der Waals surface area contributed by atoms with Gasteiger partial charge in [-0.3, -0.25) is 4.90 Å². The maximum Gasteiger partial charge on any atom is 0.0613 e. The molecule has 1 heterocycles. The summed E-state index contributed by atoms with van der Waals surface area (Å²) in [6.07, 6.45) is 8.51. The molecular weight excluding hydrogens is 262 g/mol. The normalized spacial score (nSPS) is 35.3. The first-order chi connectivity index (χ1) is 10.1. The van der Waals surface area contributed by atoms with Crippen molar-refractivity contribution in [2.75, 3.05) is 40.3 Å². The molecule has 2 N–H and O–H groups in total. The molecule has 3 unspecified atom stereocenters. The van der Waals surface area contributed by atoms with E-state index in [1.807, 2.05) is 0 Å². The van der Waals surface area contributed by atoms with Gasteiger partial charge in [-0.05, 0) is 72.1 Å². The maximum absolute atomic E-state index is 9.93. The molecule has 0 aromatic heterocycles. The zero-order valence-corrected chi connectivity index (χ0v) is 14.3. The van der Waals surface area contributed by atoms with Crippen LogP contribution in [0.3, 0.4) is 0 Å². The van der Waals surface area contributed by atoms with Crippen LogP contribution in [0.25, 0.3) is 0 Å². The molecule has 1 aliphatic heterocycles. The third-order valence-electron chi connectivity index (χ3n) is 5.62. The number of aliphatic hydroxyl groups is 1. The molecule has 0 radical (unpaired) electrons. The smallest absolute Gasteiger partial charge is 0.0613 e. The first-order valence-corrected chi connectivity index (χ1v) is 8.86. The molecule has 4 heteroatoms. The van der Waals surface area contributed by atoms with Gasteiger partial charge < -0.3 is 15.3 Å². The van der Waals surface area contributed by atoms with E-state index in [2.05, 4.69) is 36.1 Å². The van der Waals surface area contributed by atoms with Crippen LogP contribution in [0.5, 0.6) is 0 Å². The molecule has 1 aliphatic carbocycles. The second kappa shape index (κ2) is 7.91. The quantitative estimate of drug-likeness (QED) is 0.782. The van der Waals surface area contributed by atoms with Crippen molar-refractivity contribution in [3.8, 4) is 0 Å². The van der Waals surface area contributed by atoms with Crippen LogP contribution in [-0.2, 0) is 0 Å². The predicted octanol–water partition coefficient (Wildman–Crippen LogP) is 1.69. The summed E-state index contributed by atoms with van der Waals surface area (Å²) < 4.78 is 0. The highest BCUT2D eigenvalue weighted by Crippen LogP contribution is 2.32. The number of piperidine rings is 1. The number of nitrogens with one attached hydrogen (secondary N) is 1. The molecule has 0 spiro atoms. The fourth-order valence-electron chi connectivity index (χ4n) is 4.20. The van der Waals surface area contributed by atoms with E-state index < -0.39 is 0 Å². The summed E-state index contributed by atoms with van der Waals surface area (Å²) in [6.45, 7) is 5.93. The fraction of sp³-hybridized carbons (Fsp3) is 1.00. The Kier molecular flexibility index (Phi) is 6.48. The van der Waals surface area contributed by atoms with Gasteiger partial charge in [0.15, 0.2) is 0 Å². The van der Waals surface area contributed by atoms with Crippen molar-refractivity contribution >= 4 is 0 Å². The van der Waals surface area contributed by atoms with Gasteiger partial charge in [0.2, 0.25) is 0 Å². The molecule has 0 aromatic carbocycles. The maximum atomic E-state index is 9.93. The van der Waals surface area contributed by atoms with Crippen LogP contribution in [0.2, 0.25) is 0 Å². The Hall–Kier alpha value is -0.160. The van der Waals surface area contributed by atoms with Crippen LogP contribution in [0.15, 0.2) is 0 Å². The van der Waals surface area contributed by atoms with E-state index in [1.54, 1.807) is 0 Å². The zero-order valence-electron chi connectivity index (χ0n) is 14.3. The molecule has 1 saturated carbocycles. The highest BCUT2D eigenvalue weighted by molar-refractivity contribution is 4.97. The lowest BCUT2D eigenvalue weighted by atomic mass is 9.78. The average Bonchev–Trinajstić information content (AvgIpc) is 2.52. The minimum atomic E-state index is -0.0340. The Morgan fingerprint density at radius 2 is 2.05 bits per heavy atom. The van der Waals surface area contributed by atoms with E-state index in [9.17, 15) is 5.11 Å². The minimum Gasteiger partial charge on any atom is -0.394 e. The lowest BCUT2D eigenvalue weighted by Gasteiger charge is -2.47. The topological polar surface area (TPSA) is 38.7 Å². The van der Waals surface area contributed by atoms with Gasteiger partial charge in [-0.2, -0.15) is 0 Å². The summed E-state index contributed by atoms with van der Waals surface area (Å²) in [5.74, 6) is 0. The van der Waals surface area contributed by atoms with Crippen LogP contribution >= 0.6 is 0 Å². The lowest BCUT2D eigenvalue weighted by molar-refractivity contribution is 0.0338. The number of aliphatic hydroxyl groups excluding tert-OH is 1. The Bertz CT molecular complexity index is 312. The van der Waals surface area contributed by atoms with Gasteiger partial charge in [-0.15, -0.1) is 0 Å². The van der Waals surface area contributed by atoms with Gasteiger partial charge in [0.05, 0.1) is 6.61 Å². The van der Waals surface area contributed by atoms with Crippen LogP contribution in [-0.4, -0.2) is 72.9 Å². The van der Waals surface area contributed by atoms with Crippen molar-refractivity contribution in [1.82, 2.24) is 15.1 Å². The number of rotatable bonds is 6. The number of nitrogens with zero attached hydrogens (tertiary/aromatic N) is 2. The first kappa shape index (κ1) is 17.2. The SMILES string of the molecule is CCCNC1(CO)CCCC(N(C)C2CCCN(C)C2)C1. The summed E-state index contributed by atoms with van der Waals surface area (Å²) in [4.78, 5) is 5.08. The van der Waals surface area contributed by atoms with Crippen LogP contribution in [0.1, 0.15) is 51.9 Å². The number of likely N-dealkylation sites (N-methyl/N-ethyl adjacent to an activating group) is 2. The Labute approximate surface area is 130 Å². The Morgan fingerprint density at radius 1 is 1.29 bits per heavy atom. The molecular formula is C17H35N3O. The molecule has 124 valence electrons. The highest BCUT2D eigenvalue weighted by atomic mass is 16.3. The molecule has 2 aliphatic rings. The molecule has 0 aromatic rings. The van der Waals surface area contributed by atoms with Gasteiger partial charge in [-0.1, -0.05) is 6.92 Å². The lowest BCUT2D eigenvalue weighted by Crippen LogP contribution is -2.58. The van der Waals surface area contributed by atoms with E-state index in [1.165, 1.54) is 38.8 Å².